The van der Waals surface area contributed by atoms with Crippen molar-refractivity contribution >= 4 is 12.4 Å². The standard InChI is InChI=1S/C17H19NO3.ClH/c1-19-15-5-2-13(3-6-15)11-18-12-14-4-7-16-17(10-14)21-9-8-20-16;/h2-7,10,18H,8-9,11-12H2,1H3;1H. The summed E-state index contributed by atoms with van der Waals surface area (Å²) in [6.07, 6.45) is 0. The molecule has 0 bridgehead atoms. The van der Waals surface area contributed by atoms with E-state index in [4.69, 9.17) is 14.2 Å². The van der Waals surface area contributed by atoms with Gasteiger partial charge in [-0.3, -0.25) is 0 Å². The molecule has 22 heavy (non-hydrogen) atoms. The molecule has 0 amide bonds. The van der Waals surface area contributed by atoms with E-state index in [-0.39, 0.29) is 12.4 Å². The van der Waals surface area contributed by atoms with Crippen molar-refractivity contribution < 1.29 is 14.2 Å². The highest BCUT2D eigenvalue weighted by atomic mass is 35.5. The number of hydrogen-bond donors (Lipinski definition) is 1. The molecule has 0 unspecified atom stereocenters. The third kappa shape index (κ3) is 4.06. The molecule has 2 aromatic carbocycles. The highest BCUT2D eigenvalue weighted by Crippen LogP contribution is 2.30. The average molecular weight is 322 g/mol. The van der Waals surface area contributed by atoms with Crippen molar-refractivity contribution in [1.82, 2.24) is 5.32 Å². The summed E-state index contributed by atoms with van der Waals surface area (Å²) in [6.45, 7) is 2.86. The van der Waals surface area contributed by atoms with Crippen LogP contribution < -0.4 is 19.5 Å². The molecule has 0 fully saturated rings. The van der Waals surface area contributed by atoms with Crippen LogP contribution in [0.4, 0.5) is 0 Å². The average Bonchev–Trinajstić information content (AvgIpc) is 2.55. The maximum Gasteiger partial charge on any atom is 0.161 e. The first-order valence-corrected chi connectivity index (χ1v) is 7.07. The molecule has 0 saturated carbocycles. The number of rotatable bonds is 5. The van der Waals surface area contributed by atoms with Crippen molar-refractivity contribution in [1.29, 1.82) is 0 Å². The summed E-state index contributed by atoms with van der Waals surface area (Å²) >= 11 is 0. The molecule has 0 spiro atoms. The van der Waals surface area contributed by atoms with Crippen molar-refractivity contribution in [3.63, 3.8) is 0 Å². The Bertz CT molecular complexity index is 601. The Morgan fingerprint density at radius 3 is 2.27 bits per heavy atom. The number of fused-ring (bicyclic) bond motifs is 1. The van der Waals surface area contributed by atoms with E-state index in [2.05, 4.69) is 23.5 Å². The summed E-state index contributed by atoms with van der Waals surface area (Å²) in [5.74, 6) is 2.55. The first kappa shape index (κ1) is 16.5. The van der Waals surface area contributed by atoms with Crippen LogP contribution in [-0.4, -0.2) is 20.3 Å². The molecule has 0 aliphatic carbocycles. The molecule has 1 aliphatic rings. The van der Waals surface area contributed by atoms with Crippen LogP contribution in [0.1, 0.15) is 11.1 Å². The van der Waals surface area contributed by atoms with Gasteiger partial charge in [-0.1, -0.05) is 18.2 Å². The van der Waals surface area contributed by atoms with Gasteiger partial charge in [-0.15, -0.1) is 12.4 Å². The lowest BCUT2D eigenvalue weighted by Gasteiger charge is -2.19. The lowest BCUT2D eigenvalue weighted by Crippen LogP contribution is -2.16. The minimum Gasteiger partial charge on any atom is -0.497 e. The van der Waals surface area contributed by atoms with E-state index in [1.54, 1.807) is 7.11 Å². The summed E-state index contributed by atoms with van der Waals surface area (Å²) in [6, 6.07) is 14.1. The second kappa shape index (κ2) is 7.92. The number of nitrogens with one attached hydrogen (secondary N) is 1. The summed E-state index contributed by atoms with van der Waals surface area (Å²) in [4.78, 5) is 0. The Kier molecular flexibility index (Phi) is 5.92. The lowest BCUT2D eigenvalue weighted by atomic mass is 10.1. The van der Waals surface area contributed by atoms with Gasteiger partial charge in [-0.25, -0.2) is 0 Å². The van der Waals surface area contributed by atoms with Crippen LogP contribution in [0.25, 0.3) is 0 Å². The quantitative estimate of drug-likeness (QED) is 0.918. The summed E-state index contributed by atoms with van der Waals surface area (Å²) in [5.41, 5.74) is 2.42. The summed E-state index contributed by atoms with van der Waals surface area (Å²) in [7, 11) is 1.68. The lowest BCUT2D eigenvalue weighted by molar-refractivity contribution is 0.171. The Morgan fingerprint density at radius 1 is 0.909 bits per heavy atom. The van der Waals surface area contributed by atoms with Gasteiger partial charge in [0.1, 0.15) is 19.0 Å². The van der Waals surface area contributed by atoms with Crippen molar-refractivity contribution in [2.24, 2.45) is 0 Å². The van der Waals surface area contributed by atoms with Crippen LogP contribution in [0.5, 0.6) is 17.2 Å². The molecule has 0 atom stereocenters. The zero-order valence-electron chi connectivity index (χ0n) is 12.5. The number of ether oxygens (including phenoxy) is 3. The molecule has 1 heterocycles. The molecular weight excluding hydrogens is 302 g/mol. The molecule has 0 saturated heterocycles. The van der Waals surface area contributed by atoms with Crippen LogP contribution in [0.15, 0.2) is 42.5 Å². The molecule has 118 valence electrons. The molecule has 0 aromatic heterocycles. The molecule has 2 aromatic rings. The molecule has 1 aliphatic heterocycles. The van der Waals surface area contributed by atoms with Gasteiger partial charge >= 0.3 is 0 Å². The Hall–Kier alpha value is -1.91. The topological polar surface area (TPSA) is 39.7 Å². The number of hydrogen-bond acceptors (Lipinski definition) is 4. The largest absolute Gasteiger partial charge is 0.497 e. The zero-order chi connectivity index (χ0) is 14.5. The number of halogens is 1. The third-order valence-electron chi connectivity index (χ3n) is 3.42. The Balaban J connectivity index is 0.00000176. The maximum absolute atomic E-state index is 5.59. The van der Waals surface area contributed by atoms with E-state index >= 15 is 0 Å². The second-order valence-corrected chi connectivity index (χ2v) is 4.93. The molecular formula is C17H20ClNO3. The van der Waals surface area contributed by atoms with E-state index in [1.807, 2.05) is 24.3 Å². The maximum atomic E-state index is 5.59. The predicted molar refractivity (Wildman–Crippen MR) is 88.2 cm³/mol. The van der Waals surface area contributed by atoms with Crippen LogP contribution in [0, 0.1) is 0 Å². The van der Waals surface area contributed by atoms with Crippen molar-refractivity contribution in [3.8, 4) is 17.2 Å². The molecule has 3 rings (SSSR count). The highest BCUT2D eigenvalue weighted by Gasteiger charge is 2.11. The second-order valence-electron chi connectivity index (χ2n) is 4.93. The minimum absolute atomic E-state index is 0. The van der Waals surface area contributed by atoms with E-state index in [1.165, 1.54) is 11.1 Å². The highest BCUT2D eigenvalue weighted by molar-refractivity contribution is 5.85. The van der Waals surface area contributed by atoms with Gasteiger partial charge in [-0.2, -0.15) is 0 Å². The van der Waals surface area contributed by atoms with Gasteiger partial charge in [0.15, 0.2) is 11.5 Å². The van der Waals surface area contributed by atoms with E-state index in [0.717, 1.165) is 30.3 Å². The van der Waals surface area contributed by atoms with Gasteiger partial charge in [0.05, 0.1) is 7.11 Å². The summed E-state index contributed by atoms with van der Waals surface area (Å²) < 4.78 is 16.3. The predicted octanol–water partition coefficient (Wildman–Crippen LogP) is 3.18. The van der Waals surface area contributed by atoms with Gasteiger partial charge in [0.25, 0.3) is 0 Å². The molecule has 4 nitrogen and oxygen atoms in total. The Labute approximate surface area is 136 Å². The van der Waals surface area contributed by atoms with Gasteiger partial charge in [-0.05, 0) is 35.4 Å². The molecule has 0 radical (unpaired) electrons. The monoisotopic (exact) mass is 321 g/mol. The fourth-order valence-corrected chi connectivity index (χ4v) is 2.29. The van der Waals surface area contributed by atoms with Crippen molar-refractivity contribution in [3.05, 3.63) is 53.6 Å². The fourth-order valence-electron chi connectivity index (χ4n) is 2.29. The van der Waals surface area contributed by atoms with Crippen molar-refractivity contribution in [2.75, 3.05) is 20.3 Å². The summed E-state index contributed by atoms with van der Waals surface area (Å²) in [5, 5.41) is 3.43. The molecule has 5 heteroatoms. The van der Waals surface area contributed by atoms with Gasteiger partial charge < -0.3 is 19.5 Å². The van der Waals surface area contributed by atoms with Gasteiger partial charge in [0, 0.05) is 13.1 Å². The van der Waals surface area contributed by atoms with Crippen LogP contribution in [0.3, 0.4) is 0 Å². The van der Waals surface area contributed by atoms with Gasteiger partial charge in [0.2, 0.25) is 0 Å². The Morgan fingerprint density at radius 2 is 1.55 bits per heavy atom. The van der Waals surface area contributed by atoms with E-state index in [9.17, 15) is 0 Å². The first-order chi connectivity index (χ1) is 10.3. The molecule has 1 N–H and O–H groups in total. The smallest absolute Gasteiger partial charge is 0.161 e. The van der Waals surface area contributed by atoms with Crippen molar-refractivity contribution in [2.45, 2.75) is 13.1 Å². The zero-order valence-corrected chi connectivity index (χ0v) is 13.3. The van der Waals surface area contributed by atoms with Crippen LogP contribution in [0.2, 0.25) is 0 Å². The normalized spacial score (nSPS) is 12.4. The number of methoxy groups -OCH3 is 1. The third-order valence-corrected chi connectivity index (χ3v) is 3.42. The van der Waals surface area contributed by atoms with Crippen LogP contribution >= 0.6 is 12.4 Å². The number of benzene rings is 2. The van der Waals surface area contributed by atoms with E-state index < -0.39 is 0 Å². The van der Waals surface area contributed by atoms with E-state index in [0.29, 0.717) is 13.2 Å². The first-order valence-electron chi connectivity index (χ1n) is 7.07. The van der Waals surface area contributed by atoms with Crippen LogP contribution in [-0.2, 0) is 13.1 Å². The minimum atomic E-state index is 0. The fraction of sp³-hybridized carbons (Fsp3) is 0.294. The SMILES string of the molecule is COc1ccc(CNCc2ccc3c(c2)OCCO3)cc1.Cl.